The molecule has 0 aliphatic carbocycles. The number of nitrogens with zero attached hydrogens (tertiary/aromatic N) is 4. The van der Waals surface area contributed by atoms with E-state index in [9.17, 15) is 4.39 Å². The molecule has 1 saturated heterocycles. The fraction of sp³-hybridized carbons (Fsp3) is 0.207. The number of pyridine rings is 1. The van der Waals surface area contributed by atoms with Crippen LogP contribution in [0.25, 0.3) is 20.8 Å². The quantitative estimate of drug-likeness (QED) is 0.229. The zero-order valence-corrected chi connectivity index (χ0v) is 22.7. The smallest absolute Gasteiger partial charge is 0.142 e. The molecule has 39 heavy (non-hydrogen) atoms. The number of hydrogen-bond acceptors (Lipinski definition) is 8. The maximum absolute atomic E-state index is 13.4. The lowest BCUT2D eigenvalue weighted by Gasteiger charge is -2.29. The van der Waals surface area contributed by atoms with Gasteiger partial charge in [-0.25, -0.2) is 19.3 Å². The highest BCUT2D eigenvalue weighted by atomic mass is 35.5. The van der Waals surface area contributed by atoms with Gasteiger partial charge in [0.25, 0.3) is 0 Å². The van der Waals surface area contributed by atoms with E-state index >= 15 is 0 Å². The van der Waals surface area contributed by atoms with Crippen LogP contribution in [-0.4, -0.2) is 41.3 Å². The van der Waals surface area contributed by atoms with Crippen LogP contribution in [0.3, 0.4) is 0 Å². The Labute approximate surface area is 234 Å². The van der Waals surface area contributed by atoms with Crippen molar-refractivity contribution in [1.29, 1.82) is 0 Å². The third-order valence-corrected chi connectivity index (χ3v) is 7.80. The molecule has 1 N–H and O–H groups in total. The summed E-state index contributed by atoms with van der Waals surface area (Å²) in [4.78, 5) is 18.1. The number of ether oxygens (including phenoxy) is 2. The highest BCUT2D eigenvalue weighted by Crippen LogP contribution is 2.37. The molecular weight excluding hydrogens is 537 g/mol. The van der Waals surface area contributed by atoms with Crippen LogP contribution in [-0.2, 0) is 11.3 Å². The van der Waals surface area contributed by atoms with E-state index in [1.807, 2.05) is 12.1 Å². The van der Waals surface area contributed by atoms with Crippen LogP contribution in [0.1, 0.15) is 11.1 Å². The van der Waals surface area contributed by atoms with Gasteiger partial charge in [0, 0.05) is 18.8 Å². The van der Waals surface area contributed by atoms with E-state index in [4.69, 9.17) is 26.1 Å². The van der Waals surface area contributed by atoms with Gasteiger partial charge in [-0.15, -0.1) is 11.3 Å². The van der Waals surface area contributed by atoms with Gasteiger partial charge >= 0.3 is 0 Å². The summed E-state index contributed by atoms with van der Waals surface area (Å²) in [5.74, 6) is 1.88. The Morgan fingerprint density at radius 2 is 1.95 bits per heavy atom. The van der Waals surface area contributed by atoms with Crippen molar-refractivity contribution in [1.82, 2.24) is 15.0 Å². The van der Waals surface area contributed by atoms with Gasteiger partial charge in [0.05, 0.1) is 34.2 Å². The number of nitrogens with one attached hydrogen (secondary N) is 1. The first-order chi connectivity index (χ1) is 19.0. The number of benzene rings is 2. The molecule has 0 amide bonds. The molecule has 198 valence electrons. The van der Waals surface area contributed by atoms with Gasteiger partial charge in [-0.2, -0.15) is 0 Å². The lowest BCUT2D eigenvalue weighted by molar-refractivity contribution is 0.122. The maximum Gasteiger partial charge on any atom is 0.142 e. The monoisotopic (exact) mass is 561 g/mol. The Balaban J connectivity index is 1.22. The van der Waals surface area contributed by atoms with Crippen LogP contribution >= 0.6 is 22.9 Å². The Hall–Kier alpha value is -3.79. The van der Waals surface area contributed by atoms with E-state index in [0.717, 1.165) is 56.5 Å². The molecule has 6 rings (SSSR count). The molecule has 3 aromatic heterocycles. The van der Waals surface area contributed by atoms with Crippen molar-refractivity contribution >= 4 is 50.5 Å². The number of aryl methyl sites for hydroxylation is 1. The van der Waals surface area contributed by atoms with Crippen LogP contribution in [0.4, 0.5) is 21.7 Å². The summed E-state index contributed by atoms with van der Waals surface area (Å²) in [6, 6.07) is 18.0. The number of fused-ring (bicyclic) bond motifs is 1. The van der Waals surface area contributed by atoms with E-state index in [-0.39, 0.29) is 12.4 Å². The van der Waals surface area contributed by atoms with E-state index in [1.54, 1.807) is 41.9 Å². The Morgan fingerprint density at radius 3 is 2.77 bits per heavy atom. The predicted molar refractivity (Wildman–Crippen MR) is 154 cm³/mol. The van der Waals surface area contributed by atoms with Gasteiger partial charge in [0.1, 0.15) is 41.0 Å². The van der Waals surface area contributed by atoms with Gasteiger partial charge in [-0.1, -0.05) is 29.8 Å². The molecule has 5 aromatic rings. The zero-order chi connectivity index (χ0) is 26.8. The summed E-state index contributed by atoms with van der Waals surface area (Å²) >= 11 is 8.08. The Morgan fingerprint density at radius 1 is 1.08 bits per heavy atom. The minimum Gasteiger partial charge on any atom is -0.487 e. The normalized spacial score (nSPS) is 13.6. The van der Waals surface area contributed by atoms with Crippen molar-refractivity contribution in [3.8, 4) is 16.3 Å². The molecule has 1 aliphatic heterocycles. The average Bonchev–Trinajstić information content (AvgIpc) is 3.39. The van der Waals surface area contributed by atoms with Gasteiger partial charge in [0.15, 0.2) is 0 Å². The Bertz CT molecular complexity index is 1640. The second-order valence-electron chi connectivity index (χ2n) is 9.18. The molecule has 10 heteroatoms. The SMILES string of the molecule is Cc1ccc(-c2cc3c(Nc4ccc(OCc5cccc(F)c5)c(Cl)c4)ncnc3s2)nc1N1CCOCC1. The van der Waals surface area contributed by atoms with Crippen molar-refractivity contribution in [3.05, 3.63) is 89.0 Å². The summed E-state index contributed by atoms with van der Waals surface area (Å²) in [5, 5.41) is 4.69. The second kappa shape index (κ2) is 11.1. The molecule has 1 fully saturated rings. The first-order valence-electron chi connectivity index (χ1n) is 12.5. The van der Waals surface area contributed by atoms with E-state index in [0.29, 0.717) is 29.8 Å². The molecule has 0 bridgehead atoms. The molecule has 0 atom stereocenters. The average molecular weight is 562 g/mol. The minimum absolute atomic E-state index is 0.217. The second-order valence-corrected chi connectivity index (χ2v) is 10.6. The van der Waals surface area contributed by atoms with E-state index < -0.39 is 0 Å². The third kappa shape index (κ3) is 5.66. The van der Waals surface area contributed by atoms with E-state index in [2.05, 4.69) is 39.2 Å². The fourth-order valence-electron chi connectivity index (χ4n) is 4.45. The van der Waals surface area contributed by atoms with Gasteiger partial charge in [0.2, 0.25) is 0 Å². The summed E-state index contributed by atoms with van der Waals surface area (Å²) in [5.41, 5.74) is 3.53. The van der Waals surface area contributed by atoms with Gasteiger partial charge < -0.3 is 19.7 Å². The van der Waals surface area contributed by atoms with Crippen LogP contribution < -0.4 is 15.0 Å². The third-order valence-electron chi connectivity index (χ3n) is 6.44. The van der Waals surface area contributed by atoms with Gasteiger partial charge in [-0.3, -0.25) is 0 Å². The first kappa shape index (κ1) is 25.5. The van der Waals surface area contributed by atoms with Crippen molar-refractivity contribution in [2.24, 2.45) is 0 Å². The van der Waals surface area contributed by atoms with Crippen LogP contribution in [0.15, 0.2) is 67.0 Å². The molecule has 0 saturated carbocycles. The molecule has 4 heterocycles. The summed E-state index contributed by atoms with van der Waals surface area (Å²) in [6.45, 7) is 5.39. The minimum atomic E-state index is -0.301. The number of anilines is 3. The largest absolute Gasteiger partial charge is 0.487 e. The number of thiophene rings is 1. The molecule has 7 nitrogen and oxygen atoms in total. The summed E-state index contributed by atoms with van der Waals surface area (Å²) in [7, 11) is 0. The predicted octanol–water partition coefficient (Wildman–Crippen LogP) is 7.01. The van der Waals surface area contributed by atoms with Gasteiger partial charge in [-0.05, 0) is 60.5 Å². The summed E-state index contributed by atoms with van der Waals surface area (Å²) < 4.78 is 24.8. The van der Waals surface area contributed by atoms with Crippen LogP contribution in [0, 0.1) is 12.7 Å². The molecule has 2 aromatic carbocycles. The van der Waals surface area contributed by atoms with Crippen molar-refractivity contribution in [3.63, 3.8) is 0 Å². The number of hydrogen-bond donors (Lipinski definition) is 1. The molecular formula is C29H25ClFN5O2S. The van der Waals surface area contributed by atoms with Crippen molar-refractivity contribution < 1.29 is 13.9 Å². The highest BCUT2D eigenvalue weighted by molar-refractivity contribution is 7.21. The first-order valence-corrected chi connectivity index (χ1v) is 13.7. The van der Waals surface area contributed by atoms with Crippen LogP contribution in [0.5, 0.6) is 5.75 Å². The molecule has 0 spiro atoms. The number of morpholine rings is 1. The standard InChI is InChI=1S/C29H25ClFN5O2S/c1-18-5-7-24(35-28(18)36-9-11-37-12-10-36)26-15-22-27(32-17-33-29(22)39-26)34-21-6-8-25(23(30)14-21)38-16-19-3-2-4-20(31)13-19/h2-8,13-15,17H,9-12,16H2,1H3,(H,32,33,34). The molecule has 0 unspecified atom stereocenters. The van der Waals surface area contributed by atoms with Crippen molar-refractivity contribution in [2.75, 3.05) is 36.5 Å². The highest BCUT2D eigenvalue weighted by Gasteiger charge is 2.17. The number of rotatable bonds is 7. The summed E-state index contributed by atoms with van der Waals surface area (Å²) in [6.07, 6.45) is 1.55. The lowest BCUT2D eigenvalue weighted by Crippen LogP contribution is -2.37. The fourth-order valence-corrected chi connectivity index (χ4v) is 5.66. The zero-order valence-electron chi connectivity index (χ0n) is 21.2. The Kier molecular flexibility index (Phi) is 7.28. The van der Waals surface area contributed by atoms with E-state index in [1.165, 1.54) is 12.1 Å². The maximum atomic E-state index is 13.4. The van der Waals surface area contributed by atoms with Crippen LogP contribution in [0.2, 0.25) is 5.02 Å². The molecule has 0 radical (unpaired) electrons. The topological polar surface area (TPSA) is 72.4 Å². The number of aromatic nitrogens is 3. The molecule has 1 aliphatic rings. The lowest BCUT2D eigenvalue weighted by atomic mass is 10.2. The number of halogens is 2. The van der Waals surface area contributed by atoms with Crippen molar-refractivity contribution in [2.45, 2.75) is 13.5 Å².